The van der Waals surface area contributed by atoms with Gasteiger partial charge < -0.3 is 8.92 Å². The largest absolute Gasteiger partial charge is 0.534 e. The molecule has 0 saturated carbocycles. The van der Waals surface area contributed by atoms with E-state index in [2.05, 4.69) is 29.7 Å². The molecule has 0 unspecified atom stereocenters. The van der Waals surface area contributed by atoms with Crippen LogP contribution in [-0.2, 0) is 16.7 Å². The molecule has 0 aliphatic heterocycles. The zero-order chi connectivity index (χ0) is 17.1. The average molecular weight is 354 g/mol. The predicted molar refractivity (Wildman–Crippen MR) is 65.5 cm³/mol. The van der Waals surface area contributed by atoms with Gasteiger partial charge in [-0.05, 0) is 17.4 Å². The molecule has 0 aliphatic carbocycles. The molecule has 0 N–H and O–H groups in total. The first-order chi connectivity index (χ1) is 10.7. The molecule has 1 atom stereocenters. The average Bonchev–Trinajstić information content (AvgIpc) is 2.89. The van der Waals surface area contributed by atoms with Gasteiger partial charge in [0.15, 0.2) is 0 Å². The molecule has 0 amide bonds. The molecule has 0 aliphatic rings. The van der Waals surface area contributed by atoms with Crippen LogP contribution in [0.3, 0.4) is 0 Å². The summed E-state index contributed by atoms with van der Waals surface area (Å²) in [7, 11) is -5.81. The van der Waals surface area contributed by atoms with Crippen molar-refractivity contribution in [1.29, 1.82) is 0 Å². The summed E-state index contributed by atoms with van der Waals surface area (Å²) in [5.41, 5.74) is -5.56. The molecule has 14 heteroatoms. The summed E-state index contributed by atoms with van der Waals surface area (Å²) in [6.45, 7) is 1.81. The number of rotatable bonds is 6. The monoisotopic (exact) mass is 354 g/mol. The molecule has 23 heavy (non-hydrogen) atoms. The summed E-state index contributed by atoms with van der Waals surface area (Å²) in [6.07, 6.45) is 1.77. The highest BCUT2D eigenvalue weighted by Gasteiger charge is 2.48. The van der Waals surface area contributed by atoms with E-state index < -0.39 is 27.6 Å². The van der Waals surface area contributed by atoms with Gasteiger partial charge in [0.2, 0.25) is 5.88 Å². The van der Waals surface area contributed by atoms with E-state index in [1.54, 1.807) is 6.92 Å². The summed E-state index contributed by atoms with van der Waals surface area (Å²) in [5.74, 6) is -0.818. The third-order valence-electron chi connectivity index (χ3n) is 2.23. The van der Waals surface area contributed by atoms with Crippen LogP contribution in [0.2, 0.25) is 0 Å². The zero-order valence-corrected chi connectivity index (χ0v) is 12.2. The fraction of sp³-hybridized carbons (Fsp3) is 0.444. The quantitative estimate of drug-likeness (QED) is 0.527. The van der Waals surface area contributed by atoms with Gasteiger partial charge in [0.25, 0.3) is 0 Å². The lowest BCUT2D eigenvalue weighted by atomic mass is 10.4. The van der Waals surface area contributed by atoms with Gasteiger partial charge in [-0.15, -0.1) is 5.10 Å². The van der Waals surface area contributed by atoms with Gasteiger partial charge in [-0.3, -0.25) is 0 Å². The maximum Gasteiger partial charge on any atom is 0.534 e. The minimum atomic E-state index is -5.81. The minimum Gasteiger partial charge on any atom is -0.458 e. The van der Waals surface area contributed by atoms with Crippen molar-refractivity contribution >= 4 is 10.1 Å². The lowest BCUT2D eigenvalue weighted by Crippen LogP contribution is -2.28. The molecule has 0 bridgehead atoms. The first kappa shape index (κ1) is 16.9. The third kappa shape index (κ3) is 4.48. The van der Waals surface area contributed by atoms with E-state index in [1.165, 1.54) is 11.0 Å². The Morgan fingerprint density at radius 3 is 2.74 bits per heavy atom. The second-order valence-corrected chi connectivity index (χ2v) is 5.66. The van der Waals surface area contributed by atoms with Gasteiger partial charge in [-0.2, -0.15) is 26.6 Å². The molecule has 2 aromatic rings. The molecule has 2 heterocycles. The van der Waals surface area contributed by atoms with Crippen LogP contribution in [-0.4, -0.2) is 50.2 Å². The van der Waals surface area contributed by atoms with Crippen molar-refractivity contribution in [3.05, 3.63) is 18.6 Å². The lowest BCUT2D eigenvalue weighted by molar-refractivity contribution is -0.0501. The van der Waals surface area contributed by atoms with E-state index in [-0.39, 0.29) is 12.6 Å². The maximum atomic E-state index is 12.2. The van der Waals surface area contributed by atoms with Crippen LogP contribution in [0.4, 0.5) is 13.2 Å². The molecular weight excluding hydrogens is 345 g/mol. The fourth-order valence-corrected chi connectivity index (χ4v) is 1.74. The van der Waals surface area contributed by atoms with Crippen LogP contribution >= 0.6 is 0 Å². The Bertz CT molecular complexity index is 751. The normalized spacial score (nSPS) is 13.6. The van der Waals surface area contributed by atoms with Crippen LogP contribution in [0.1, 0.15) is 6.92 Å². The third-order valence-corrected chi connectivity index (χ3v) is 3.19. The standard InChI is InChI=1S/C9H9F3N6O4S/c1-6(4-18-5-14-16-17-18)21-8-13-3-2-7(15-8)22-23(19,20)9(10,11)12/h2-3,5-6H,4H2,1H3/t6-/m0/s1. The number of hydrogen-bond acceptors (Lipinski definition) is 9. The molecule has 2 rings (SSSR count). The molecule has 126 valence electrons. The summed E-state index contributed by atoms with van der Waals surface area (Å²) in [6, 6.07) is 0.489. The van der Waals surface area contributed by atoms with Gasteiger partial charge in [-0.1, -0.05) is 0 Å². The van der Waals surface area contributed by atoms with E-state index >= 15 is 0 Å². The van der Waals surface area contributed by atoms with Crippen molar-refractivity contribution in [3.63, 3.8) is 0 Å². The first-order valence-electron chi connectivity index (χ1n) is 5.88. The highest BCUT2D eigenvalue weighted by molar-refractivity contribution is 7.87. The van der Waals surface area contributed by atoms with E-state index in [4.69, 9.17) is 4.74 Å². The minimum absolute atomic E-state index is 0.211. The summed E-state index contributed by atoms with van der Waals surface area (Å²) >= 11 is 0. The number of ether oxygens (including phenoxy) is 1. The fourth-order valence-electron chi connectivity index (χ4n) is 1.33. The number of tetrazole rings is 1. The van der Waals surface area contributed by atoms with Gasteiger partial charge in [0.05, 0.1) is 6.54 Å². The van der Waals surface area contributed by atoms with Crippen LogP contribution in [0.25, 0.3) is 0 Å². The molecule has 10 nitrogen and oxygen atoms in total. The second-order valence-electron chi connectivity index (χ2n) is 4.12. The maximum absolute atomic E-state index is 12.2. The second kappa shape index (κ2) is 6.31. The Balaban J connectivity index is 2.05. The van der Waals surface area contributed by atoms with Crippen LogP contribution in [0.15, 0.2) is 18.6 Å². The van der Waals surface area contributed by atoms with Crippen molar-refractivity contribution in [2.45, 2.75) is 25.1 Å². The Morgan fingerprint density at radius 2 is 2.13 bits per heavy atom. The molecule has 0 radical (unpaired) electrons. The van der Waals surface area contributed by atoms with Crippen molar-refractivity contribution in [1.82, 2.24) is 30.2 Å². The Kier molecular flexibility index (Phi) is 4.63. The van der Waals surface area contributed by atoms with Crippen molar-refractivity contribution < 1.29 is 30.5 Å². The Morgan fingerprint density at radius 1 is 1.39 bits per heavy atom. The molecule has 0 fully saturated rings. The first-order valence-corrected chi connectivity index (χ1v) is 7.29. The van der Waals surface area contributed by atoms with Crippen molar-refractivity contribution in [2.75, 3.05) is 0 Å². The highest BCUT2D eigenvalue weighted by Crippen LogP contribution is 2.26. The Hall–Kier alpha value is -2.51. The summed E-state index contributed by atoms with van der Waals surface area (Å²) in [4.78, 5) is 7.10. The Labute approximate surface area is 127 Å². The van der Waals surface area contributed by atoms with Gasteiger partial charge in [-0.25, -0.2) is 9.67 Å². The van der Waals surface area contributed by atoms with Gasteiger partial charge >= 0.3 is 21.6 Å². The number of alkyl halides is 3. The smallest absolute Gasteiger partial charge is 0.458 e. The number of hydrogen-bond donors (Lipinski definition) is 0. The highest BCUT2D eigenvalue weighted by atomic mass is 32.2. The van der Waals surface area contributed by atoms with Crippen molar-refractivity contribution in [2.24, 2.45) is 0 Å². The van der Waals surface area contributed by atoms with Crippen molar-refractivity contribution in [3.8, 4) is 11.9 Å². The van der Waals surface area contributed by atoms with E-state index in [0.29, 0.717) is 0 Å². The molecule has 2 aromatic heterocycles. The molecule has 0 aromatic carbocycles. The SMILES string of the molecule is C[C@@H](Cn1cnnn1)Oc1nccc(OS(=O)(=O)C(F)(F)F)n1. The molecule has 0 saturated heterocycles. The van der Waals surface area contributed by atoms with Gasteiger partial charge in [0, 0.05) is 12.3 Å². The topological polar surface area (TPSA) is 122 Å². The lowest BCUT2D eigenvalue weighted by Gasteiger charge is -2.13. The van der Waals surface area contributed by atoms with E-state index in [1.807, 2.05) is 0 Å². The molecule has 0 spiro atoms. The predicted octanol–water partition coefficient (Wildman–Crippen LogP) is 0.159. The van der Waals surface area contributed by atoms with Crippen LogP contribution in [0, 0.1) is 0 Å². The van der Waals surface area contributed by atoms with Crippen LogP contribution in [0.5, 0.6) is 11.9 Å². The number of aromatic nitrogens is 6. The molecular formula is C9H9F3N6O4S. The van der Waals surface area contributed by atoms with Gasteiger partial charge in [0.1, 0.15) is 12.4 Å². The summed E-state index contributed by atoms with van der Waals surface area (Å²) in [5, 5.41) is 10.4. The van der Waals surface area contributed by atoms with E-state index in [0.717, 1.165) is 12.3 Å². The number of halogens is 3. The number of nitrogens with zero attached hydrogens (tertiary/aromatic N) is 6. The van der Waals surface area contributed by atoms with E-state index in [9.17, 15) is 21.6 Å². The zero-order valence-electron chi connectivity index (χ0n) is 11.4. The van der Waals surface area contributed by atoms with Crippen LogP contribution < -0.4 is 8.92 Å². The summed E-state index contributed by atoms with van der Waals surface area (Å²) < 4.78 is 68.9.